The van der Waals surface area contributed by atoms with Crippen LogP contribution in [-0.2, 0) is 6.42 Å². The Labute approximate surface area is 164 Å². The molecule has 1 aliphatic heterocycles. The number of carbonyl (C=O) groups excluding carboxylic acids is 2. The predicted molar refractivity (Wildman–Crippen MR) is 99.9 cm³/mol. The lowest BCUT2D eigenvalue weighted by Crippen LogP contribution is -2.30. The first-order chi connectivity index (χ1) is 13.0. The molecule has 0 fully saturated rings. The van der Waals surface area contributed by atoms with Crippen LogP contribution in [0.1, 0.15) is 33.0 Å². The Morgan fingerprint density at radius 2 is 1.67 bits per heavy atom. The molecule has 3 aromatic rings. The van der Waals surface area contributed by atoms with E-state index in [1.807, 2.05) is 0 Å². The van der Waals surface area contributed by atoms with Gasteiger partial charge in [0.05, 0.1) is 16.1 Å². The van der Waals surface area contributed by atoms with Gasteiger partial charge in [0.2, 0.25) is 11.7 Å². The molecule has 0 saturated carbocycles. The van der Waals surface area contributed by atoms with Crippen molar-refractivity contribution in [1.29, 1.82) is 0 Å². The van der Waals surface area contributed by atoms with Crippen LogP contribution in [0.15, 0.2) is 47.0 Å². The van der Waals surface area contributed by atoms with Crippen LogP contribution < -0.4 is 0 Å². The Kier molecular flexibility index (Phi) is 4.68. The molecule has 0 atom stereocenters. The quantitative estimate of drug-likeness (QED) is 0.596. The van der Waals surface area contributed by atoms with Crippen LogP contribution in [0.2, 0.25) is 10.0 Å². The largest absolute Gasteiger partial charge is 0.339 e. The molecule has 0 aliphatic carbocycles. The molecule has 27 heavy (non-hydrogen) atoms. The number of aryl methyl sites for hydroxylation is 1. The van der Waals surface area contributed by atoms with Crippen LogP contribution in [0.4, 0.5) is 0 Å². The summed E-state index contributed by atoms with van der Waals surface area (Å²) in [6.45, 7) is 0.283. The number of imide groups is 1. The van der Waals surface area contributed by atoms with Gasteiger partial charge in [-0.25, -0.2) is 0 Å². The van der Waals surface area contributed by atoms with Gasteiger partial charge in [-0.3, -0.25) is 14.5 Å². The third-order valence-corrected chi connectivity index (χ3v) is 4.84. The molecule has 8 heteroatoms. The van der Waals surface area contributed by atoms with E-state index in [0.29, 0.717) is 51.3 Å². The lowest BCUT2D eigenvalue weighted by Gasteiger charge is -2.12. The number of aromatic nitrogens is 2. The SMILES string of the molecule is O=C1c2ccccc2C(=O)N1CCCc1nc(-c2ccc(Cl)cc2Cl)no1. The first kappa shape index (κ1) is 17.7. The Morgan fingerprint density at radius 3 is 2.33 bits per heavy atom. The minimum atomic E-state index is -0.269. The molecule has 0 bridgehead atoms. The summed E-state index contributed by atoms with van der Waals surface area (Å²) < 4.78 is 5.24. The van der Waals surface area contributed by atoms with Gasteiger partial charge >= 0.3 is 0 Å². The molecule has 0 radical (unpaired) electrons. The summed E-state index contributed by atoms with van der Waals surface area (Å²) in [5, 5.41) is 4.88. The molecule has 2 aromatic carbocycles. The fourth-order valence-electron chi connectivity index (χ4n) is 2.97. The second kappa shape index (κ2) is 7.13. The van der Waals surface area contributed by atoms with Crippen LogP contribution >= 0.6 is 23.2 Å². The zero-order chi connectivity index (χ0) is 19.0. The summed E-state index contributed by atoms with van der Waals surface area (Å²) in [7, 11) is 0. The van der Waals surface area contributed by atoms with Crippen LogP contribution in [0, 0.1) is 0 Å². The molecule has 1 aromatic heterocycles. The van der Waals surface area contributed by atoms with E-state index in [0.717, 1.165) is 0 Å². The van der Waals surface area contributed by atoms with Crippen molar-refractivity contribution in [3.05, 3.63) is 69.5 Å². The Balaban J connectivity index is 1.40. The molecule has 0 N–H and O–H groups in total. The van der Waals surface area contributed by atoms with E-state index in [1.54, 1.807) is 42.5 Å². The molecule has 2 heterocycles. The summed E-state index contributed by atoms with van der Waals surface area (Å²) in [6, 6.07) is 11.8. The van der Waals surface area contributed by atoms with Crippen molar-refractivity contribution in [2.75, 3.05) is 6.54 Å². The third-order valence-electron chi connectivity index (χ3n) is 4.29. The zero-order valence-corrected chi connectivity index (χ0v) is 15.5. The highest BCUT2D eigenvalue weighted by molar-refractivity contribution is 6.36. The van der Waals surface area contributed by atoms with Crippen molar-refractivity contribution in [2.24, 2.45) is 0 Å². The van der Waals surface area contributed by atoms with Crippen LogP contribution in [0.25, 0.3) is 11.4 Å². The van der Waals surface area contributed by atoms with Crippen LogP contribution in [0.5, 0.6) is 0 Å². The average molecular weight is 402 g/mol. The Morgan fingerprint density at radius 1 is 0.963 bits per heavy atom. The second-order valence-electron chi connectivity index (χ2n) is 6.05. The molecule has 0 saturated heterocycles. The topological polar surface area (TPSA) is 76.3 Å². The zero-order valence-electron chi connectivity index (χ0n) is 14.0. The molecular weight excluding hydrogens is 389 g/mol. The van der Waals surface area contributed by atoms with E-state index < -0.39 is 0 Å². The first-order valence-electron chi connectivity index (χ1n) is 8.28. The van der Waals surface area contributed by atoms with E-state index in [-0.39, 0.29) is 18.4 Å². The Hall–Kier alpha value is -2.70. The number of nitrogens with zero attached hydrogens (tertiary/aromatic N) is 3. The highest BCUT2D eigenvalue weighted by atomic mass is 35.5. The minimum Gasteiger partial charge on any atom is -0.339 e. The van der Waals surface area contributed by atoms with Crippen molar-refractivity contribution in [1.82, 2.24) is 15.0 Å². The van der Waals surface area contributed by atoms with Crippen LogP contribution in [-0.4, -0.2) is 33.4 Å². The number of carbonyl (C=O) groups is 2. The summed E-state index contributed by atoms with van der Waals surface area (Å²) in [6.07, 6.45) is 0.951. The monoisotopic (exact) mass is 401 g/mol. The Bertz CT molecular complexity index is 1010. The maximum Gasteiger partial charge on any atom is 0.261 e. The molecule has 4 rings (SSSR count). The van der Waals surface area contributed by atoms with Gasteiger partial charge in [-0.1, -0.05) is 40.5 Å². The fraction of sp³-hybridized carbons (Fsp3) is 0.158. The number of rotatable bonds is 5. The van der Waals surface area contributed by atoms with Crippen LogP contribution in [0.3, 0.4) is 0 Å². The lowest BCUT2D eigenvalue weighted by atomic mass is 10.1. The van der Waals surface area contributed by atoms with E-state index in [2.05, 4.69) is 10.1 Å². The number of hydrogen-bond donors (Lipinski definition) is 0. The van der Waals surface area contributed by atoms with E-state index >= 15 is 0 Å². The first-order valence-corrected chi connectivity index (χ1v) is 9.03. The molecule has 1 aliphatic rings. The molecular formula is C19H13Cl2N3O3. The highest BCUT2D eigenvalue weighted by Gasteiger charge is 2.34. The third kappa shape index (κ3) is 3.34. The van der Waals surface area contributed by atoms with Gasteiger partial charge in [0.15, 0.2) is 0 Å². The average Bonchev–Trinajstić information content (AvgIpc) is 3.21. The van der Waals surface area contributed by atoms with Gasteiger partial charge in [0, 0.05) is 23.6 Å². The van der Waals surface area contributed by atoms with E-state index in [4.69, 9.17) is 27.7 Å². The summed E-state index contributed by atoms with van der Waals surface area (Å²) in [4.78, 5) is 30.2. The molecule has 2 amide bonds. The smallest absolute Gasteiger partial charge is 0.261 e. The summed E-state index contributed by atoms with van der Waals surface area (Å²) in [5.74, 6) is 0.240. The van der Waals surface area contributed by atoms with Gasteiger partial charge in [0.25, 0.3) is 11.8 Å². The lowest BCUT2D eigenvalue weighted by molar-refractivity contribution is 0.0651. The number of benzene rings is 2. The van der Waals surface area contributed by atoms with Crippen molar-refractivity contribution in [3.8, 4) is 11.4 Å². The highest BCUT2D eigenvalue weighted by Crippen LogP contribution is 2.28. The van der Waals surface area contributed by atoms with Gasteiger partial charge in [-0.05, 0) is 36.8 Å². The van der Waals surface area contributed by atoms with Gasteiger partial charge in [-0.15, -0.1) is 0 Å². The van der Waals surface area contributed by atoms with Gasteiger partial charge in [-0.2, -0.15) is 4.98 Å². The van der Waals surface area contributed by atoms with Crippen molar-refractivity contribution in [3.63, 3.8) is 0 Å². The number of amides is 2. The van der Waals surface area contributed by atoms with Gasteiger partial charge < -0.3 is 4.52 Å². The molecule has 6 nitrogen and oxygen atoms in total. The van der Waals surface area contributed by atoms with E-state index in [9.17, 15) is 9.59 Å². The predicted octanol–water partition coefficient (Wildman–Crippen LogP) is 4.27. The van der Waals surface area contributed by atoms with E-state index in [1.165, 1.54) is 4.90 Å². The number of hydrogen-bond acceptors (Lipinski definition) is 5. The number of fused-ring (bicyclic) bond motifs is 1. The molecule has 0 spiro atoms. The second-order valence-corrected chi connectivity index (χ2v) is 6.89. The summed E-state index contributed by atoms with van der Waals surface area (Å²) in [5.41, 5.74) is 1.51. The standard InChI is InChI=1S/C19H13Cl2N3O3/c20-11-7-8-14(15(21)10-11)17-22-16(27-23-17)6-3-9-24-18(25)12-4-1-2-5-13(12)19(24)26/h1-2,4-5,7-8,10H,3,6,9H2. The maximum absolute atomic E-state index is 12.3. The van der Waals surface area contributed by atoms with Gasteiger partial charge in [0.1, 0.15) is 0 Å². The summed E-state index contributed by atoms with van der Waals surface area (Å²) >= 11 is 12.0. The normalized spacial score (nSPS) is 13.3. The van der Waals surface area contributed by atoms with Crippen molar-refractivity contribution >= 4 is 35.0 Å². The van der Waals surface area contributed by atoms with Crippen molar-refractivity contribution < 1.29 is 14.1 Å². The van der Waals surface area contributed by atoms with Crippen molar-refractivity contribution in [2.45, 2.75) is 12.8 Å². The molecule has 136 valence electrons. The molecule has 0 unspecified atom stereocenters. The fourth-order valence-corrected chi connectivity index (χ4v) is 3.46. The maximum atomic E-state index is 12.3. The minimum absolute atomic E-state index is 0.269. The number of halogens is 2.